The summed E-state index contributed by atoms with van der Waals surface area (Å²) in [6.07, 6.45) is -1.72. The predicted octanol–water partition coefficient (Wildman–Crippen LogP) is 0.502. The standard InChI is InChI=1S/C13H24N4O3S/c1-13(2,3)14-8-10(18)9-20-12-11(15-21-16-12)17-4-6-19-7-5-17/h10,14,18H,4-9H2,1-3H3/t10-/m0/s1/i10D. The number of morpholine rings is 1. The summed E-state index contributed by atoms with van der Waals surface area (Å²) in [4.78, 5) is 2.04. The molecule has 1 fully saturated rings. The van der Waals surface area contributed by atoms with E-state index in [9.17, 15) is 5.11 Å². The van der Waals surface area contributed by atoms with Crippen LogP contribution < -0.4 is 15.0 Å². The first kappa shape index (κ1) is 15.0. The lowest BCUT2D eigenvalue weighted by Crippen LogP contribution is -2.42. The molecule has 0 unspecified atom stereocenters. The van der Waals surface area contributed by atoms with Crippen molar-refractivity contribution in [1.29, 1.82) is 0 Å². The average molecular weight is 317 g/mol. The Kier molecular flexibility index (Phi) is 5.23. The number of hydrogen-bond donors (Lipinski definition) is 2. The molecule has 1 saturated heterocycles. The monoisotopic (exact) mass is 317 g/mol. The molecular weight excluding hydrogens is 292 g/mol. The van der Waals surface area contributed by atoms with E-state index < -0.39 is 6.08 Å². The van der Waals surface area contributed by atoms with Gasteiger partial charge in [0.1, 0.15) is 12.7 Å². The first-order chi connectivity index (χ1) is 10.3. The van der Waals surface area contributed by atoms with Crippen molar-refractivity contribution in [2.24, 2.45) is 0 Å². The highest BCUT2D eigenvalue weighted by Crippen LogP contribution is 2.26. The van der Waals surface area contributed by atoms with Crippen LogP contribution in [0.2, 0.25) is 0 Å². The zero-order valence-electron chi connectivity index (χ0n) is 13.8. The van der Waals surface area contributed by atoms with Crippen LogP contribution in [-0.2, 0) is 4.74 Å². The van der Waals surface area contributed by atoms with Crippen LogP contribution in [0, 0.1) is 0 Å². The summed E-state index contributed by atoms with van der Waals surface area (Å²) in [5.74, 6) is 1.03. The summed E-state index contributed by atoms with van der Waals surface area (Å²) >= 11 is 1.06. The summed E-state index contributed by atoms with van der Waals surface area (Å²) in [7, 11) is 0. The molecule has 1 aromatic rings. The Hall–Kier alpha value is -0.960. The first-order valence-electron chi connectivity index (χ1n) is 7.52. The van der Waals surface area contributed by atoms with Gasteiger partial charge < -0.3 is 24.8 Å². The van der Waals surface area contributed by atoms with Gasteiger partial charge in [0.15, 0.2) is 0 Å². The summed E-state index contributed by atoms with van der Waals surface area (Å²) in [6.45, 7) is 8.64. The van der Waals surface area contributed by atoms with Crippen molar-refractivity contribution in [3.05, 3.63) is 0 Å². The Balaban J connectivity index is 1.90. The Morgan fingerprint density at radius 2 is 2.19 bits per heavy atom. The third-order valence-electron chi connectivity index (χ3n) is 2.95. The van der Waals surface area contributed by atoms with Gasteiger partial charge in [-0.2, -0.15) is 4.37 Å². The molecule has 2 N–H and O–H groups in total. The molecule has 0 saturated carbocycles. The molecule has 1 aromatic heterocycles. The van der Waals surface area contributed by atoms with E-state index in [1.165, 1.54) is 0 Å². The Labute approximate surface area is 131 Å². The first-order valence-corrected chi connectivity index (χ1v) is 7.75. The summed E-state index contributed by atoms with van der Waals surface area (Å²) in [5.41, 5.74) is -0.170. The van der Waals surface area contributed by atoms with Crippen LogP contribution in [-0.4, -0.2) is 64.9 Å². The van der Waals surface area contributed by atoms with E-state index in [-0.39, 0.29) is 18.7 Å². The van der Waals surface area contributed by atoms with Crippen LogP contribution in [0.3, 0.4) is 0 Å². The van der Waals surface area contributed by atoms with Gasteiger partial charge in [-0.15, -0.1) is 4.37 Å². The molecule has 1 atom stereocenters. The van der Waals surface area contributed by atoms with Crippen molar-refractivity contribution >= 4 is 17.5 Å². The van der Waals surface area contributed by atoms with E-state index in [4.69, 9.17) is 10.8 Å². The molecule has 0 aliphatic carbocycles. The van der Waals surface area contributed by atoms with E-state index in [1.807, 2.05) is 25.7 Å². The Bertz CT molecular complexity index is 472. The number of hydrogen-bond acceptors (Lipinski definition) is 8. The zero-order valence-corrected chi connectivity index (χ0v) is 13.6. The SMILES string of the molecule is [2H][C@](O)(CNC(C)(C)C)COc1nsnc1N1CCOCC1. The maximum atomic E-state index is 10.1. The summed E-state index contributed by atoms with van der Waals surface area (Å²) in [6, 6.07) is 0. The second-order valence-corrected chi connectivity index (χ2v) is 6.48. The zero-order chi connectivity index (χ0) is 16.2. The van der Waals surface area contributed by atoms with Crippen molar-refractivity contribution < 1.29 is 16.0 Å². The fourth-order valence-corrected chi connectivity index (χ4v) is 2.33. The second kappa shape index (κ2) is 7.35. The highest BCUT2D eigenvalue weighted by Gasteiger charge is 2.21. The third-order valence-corrected chi connectivity index (χ3v) is 3.45. The smallest absolute Gasteiger partial charge is 0.270 e. The molecule has 0 bridgehead atoms. The molecule has 1 aliphatic rings. The molecule has 21 heavy (non-hydrogen) atoms. The van der Waals surface area contributed by atoms with Gasteiger partial charge in [0, 0.05) is 25.2 Å². The number of anilines is 1. The van der Waals surface area contributed by atoms with Crippen LogP contribution >= 0.6 is 11.7 Å². The van der Waals surface area contributed by atoms with Crippen LogP contribution in [0.1, 0.15) is 22.1 Å². The second-order valence-electron chi connectivity index (χ2n) is 5.95. The van der Waals surface area contributed by atoms with E-state index in [2.05, 4.69) is 14.1 Å². The number of aliphatic hydroxyl groups is 1. The molecule has 0 spiro atoms. The van der Waals surface area contributed by atoms with E-state index in [1.54, 1.807) is 0 Å². The molecule has 0 aromatic carbocycles. The lowest BCUT2D eigenvalue weighted by Gasteiger charge is -2.27. The maximum Gasteiger partial charge on any atom is 0.270 e. The average Bonchev–Trinajstić information content (AvgIpc) is 2.92. The van der Waals surface area contributed by atoms with Gasteiger partial charge in [0.2, 0.25) is 5.82 Å². The van der Waals surface area contributed by atoms with Crippen LogP contribution in [0.15, 0.2) is 0 Å². The topological polar surface area (TPSA) is 79.7 Å². The Morgan fingerprint density at radius 3 is 2.86 bits per heavy atom. The molecule has 2 heterocycles. The van der Waals surface area contributed by atoms with Gasteiger partial charge in [0.25, 0.3) is 5.88 Å². The van der Waals surface area contributed by atoms with Crippen molar-refractivity contribution in [3.8, 4) is 5.88 Å². The van der Waals surface area contributed by atoms with Crippen molar-refractivity contribution in [2.75, 3.05) is 44.4 Å². The van der Waals surface area contributed by atoms with Gasteiger partial charge in [-0.3, -0.25) is 0 Å². The molecule has 1 aliphatic heterocycles. The minimum Gasteiger partial charge on any atom is -0.472 e. The molecule has 7 nitrogen and oxygen atoms in total. The number of ether oxygens (including phenoxy) is 2. The molecule has 0 amide bonds. The van der Waals surface area contributed by atoms with E-state index in [0.29, 0.717) is 24.9 Å². The van der Waals surface area contributed by atoms with Gasteiger partial charge in [-0.1, -0.05) is 0 Å². The summed E-state index contributed by atoms with van der Waals surface area (Å²) in [5, 5.41) is 13.2. The molecule has 2 rings (SSSR count). The normalized spacial score (nSPS) is 20.0. The van der Waals surface area contributed by atoms with Crippen molar-refractivity contribution in [2.45, 2.75) is 32.4 Å². The third kappa shape index (κ3) is 5.39. The molecular formula is C13H24N4O3S. The maximum absolute atomic E-state index is 10.1. The predicted molar refractivity (Wildman–Crippen MR) is 82.2 cm³/mol. The highest BCUT2D eigenvalue weighted by atomic mass is 32.1. The van der Waals surface area contributed by atoms with Crippen LogP contribution in [0.25, 0.3) is 0 Å². The lowest BCUT2D eigenvalue weighted by atomic mass is 10.1. The minimum atomic E-state index is -1.72. The lowest BCUT2D eigenvalue weighted by molar-refractivity contribution is 0.0975. The minimum absolute atomic E-state index is 0.112. The van der Waals surface area contributed by atoms with E-state index in [0.717, 1.165) is 24.8 Å². The van der Waals surface area contributed by atoms with Crippen molar-refractivity contribution in [3.63, 3.8) is 0 Å². The van der Waals surface area contributed by atoms with Gasteiger partial charge in [-0.25, -0.2) is 0 Å². The van der Waals surface area contributed by atoms with E-state index >= 15 is 0 Å². The fraction of sp³-hybridized carbons (Fsp3) is 0.846. The van der Waals surface area contributed by atoms with Gasteiger partial charge in [-0.05, 0) is 20.8 Å². The number of nitrogens with one attached hydrogen (secondary N) is 1. The largest absolute Gasteiger partial charge is 0.472 e. The van der Waals surface area contributed by atoms with Crippen molar-refractivity contribution in [1.82, 2.24) is 14.1 Å². The van der Waals surface area contributed by atoms with Crippen LogP contribution in [0.4, 0.5) is 5.82 Å². The molecule has 0 radical (unpaired) electrons. The Morgan fingerprint density at radius 1 is 1.48 bits per heavy atom. The number of β-amino-alcohol motifs (C(OH)–C–C–N with tert-alkyl or cyclic N) is 1. The molecule has 8 heteroatoms. The quantitative estimate of drug-likeness (QED) is 0.791. The van der Waals surface area contributed by atoms with Crippen LogP contribution in [0.5, 0.6) is 5.88 Å². The summed E-state index contributed by atoms with van der Waals surface area (Å²) < 4.78 is 27.1. The highest BCUT2D eigenvalue weighted by molar-refractivity contribution is 6.99. The number of nitrogens with zero attached hydrogens (tertiary/aromatic N) is 3. The number of aromatic nitrogens is 2. The molecule has 120 valence electrons. The fourth-order valence-electron chi connectivity index (χ4n) is 1.80. The van der Waals surface area contributed by atoms with Gasteiger partial charge in [0.05, 0.1) is 26.3 Å². The van der Waals surface area contributed by atoms with Gasteiger partial charge >= 0.3 is 0 Å². The number of rotatable bonds is 6.